The second-order valence-electron chi connectivity index (χ2n) is 8.29. The molecule has 4 rings (SSSR count). The SMILES string of the molecule is CCCCOc1cccc(C(O)=C2C(=O)C(=O)N(Cc3cccnc3)C2c2cccc(OC)c2)c1. The minimum atomic E-state index is -0.796. The molecule has 2 heterocycles. The standard InChI is InChI=1S/C28H28N2O5/c1-3-4-14-35-23-12-6-10-21(16-23)26(31)24-25(20-9-5-11-22(15-20)34-2)30(28(33)27(24)32)18-19-8-7-13-29-17-19/h5-13,15-17,25,31H,3-4,14,18H2,1-2H3. The number of nitrogens with zero attached hydrogens (tertiary/aromatic N) is 2. The fourth-order valence-corrected chi connectivity index (χ4v) is 4.11. The summed E-state index contributed by atoms with van der Waals surface area (Å²) in [4.78, 5) is 32.0. The fourth-order valence-electron chi connectivity index (χ4n) is 4.11. The summed E-state index contributed by atoms with van der Waals surface area (Å²) in [6, 6.07) is 16.9. The van der Waals surface area contributed by atoms with Gasteiger partial charge in [-0.15, -0.1) is 0 Å². The van der Waals surface area contributed by atoms with Gasteiger partial charge in [0.1, 0.15) is 17.3 Å². The number of pyridine rings is 1. The fraction of sp³-hybridized carbons (Fsp3) is 0.250. The number of carbonyl (C=O) groups excluding carboxylic acids is 2. The highest BCUT2D eigenvalue weighted by atomic mass is 16.5. The van der Waals surface area contributed by atoms with Crippen molar-refractivity contribution in [3.05, 3.63) is 95.3 Å². The Bertz CT molecular complexity index is 1240. The second kappa shape index (κ2) is 10.9. The van der Waals surface area contributed by atoms with Crippen molar-refractivity contribution in [3.63, 3.8) is 0 Å². The molecule has 1 saturated heterocycles. The Morgan fingerprint density at radius 3 is 2.60 bits per heavy atom. The molecule has 1 aliphatic rings. The number of unbranched alkanes of at least 4 members (excludes halogenated alkanes) is 1. The van der Waals surface area contributed by atoms with E-state index in [4.69, 9.17) is 9.47 Å². The first-order valence-corrected chi connectivity index (χ1v) is 11.6. The number of carbonyl (C=O) groups is 2. The van der Waals surface area contributed by atoms with Crippen molar-refractivity contribution < 1.29 is 24.2 Å². The minimum Gasteiger partial charge on any atom is -0.507 e. The van der Waals surface area contributed by atoms with E-state index < -0.39 is 17.7 Å². The highest BCUT2D eigenvalue weighted by Crippen LogP contribution is 2.41. The molecule has 0 aliphatic carbocycles. The van der Waals surface area contributed by atoms with E-state index in [9.17, 15) is 14.7 Å². The predicted molar refractivity (Wildman–Crippen MR) is 132 cm³/mol. The van der Waals surface area contributed by atoms with Crippen molar-refractivity contribution in [1.82, 2.24) is 9.88 Å². The summed E-state index contributed by atoms with van der Waals surface area (Å²) in [5, 5.41) is 11.3. The van der Waals surface area contributed by atoms with Crippen LogP contribution in [0.4, 0.5) is 0 Å². The van der Waals surface area contributed by atoms with Gasteiger partial charge in [-0.2, -0.15) is 0 Å². The molecule has 2 aromatic carbocycles. The van der Waals surface area contributed by atoms with Gasteiger partial charge in [-0.3, -0.25) is 14.6 Å². The lowest BCUT2D eigenvalue weighted by atomic mass is 9.95. The third-order valence-corrected chi connectivity index (χ3v) is 5.90. The van der Waals surface area contributed by atoms with Crippen LogP contribution in [0, 0.1) is 0 Å². The number of aromatic nitrogens is 1. The Kier molecular flexibility index (Phi) is 7.45. The molecule has 1 aromatic heterocycles. The first kappa shape index (κ1) is 24.0. The number of aliphatic hydroxyl groups excluding tert-OH is 1. The van der Waals surface area contributed by atoms with Gasteiger partial charge >= 0.3 is 0 Å². The number of likely N-dealkylation sites (tertiary alicyclic amines) is 1. The van der Waals surface area contributed by atoms with E-state index in [2.05, 4.69) is 11.9 Å². The summed E-state index contributed by atoms with van der Waals surface area (Å²) < 4.78 is 11.1. The maximum atomic E-state index is 13.3. The molecular formula is C28H28N2O5. The maximum absolute atomic E-state index is 13.3. The number of Topliss-reactive ketones (excluding diaryl/α,β-unsaturated/α-hetero) is 1. The van der Waals surface area contributed by atoms with Crippen LogP contribution >= 0.6 is 0 Å². The quantitative estimate of drug-likeness (QED) is 0.206. The molecule has 1 aliphatic heterocycles. The molecule has 0 saturated carbocycles. The number of hydrogen-bond acceptors (Lipinski definition) is 6. The number of methoxy groups -OCH3 is 1. The number of ether oxygens (including phenoxy) is 2. The van der Waals surface area contributed by atoms with Gasteiger partial charge < -0.3 is 19.5 Å². The first-order chi connectivity index (χ1) is 17.0. The number of aliphatic hydroxyl groups is 1. The molecule has 1 fully saturated rings. The molecule has 3 aromatic rings. The Labute approximate surface area is 204 Å². The number of benzene rings is 2. The average molecular weight is 473 g/mol. The van der Waals surface area contributed by atoms with Crippen molar-refractivity contribution in [1.29, 1.82) is 0 Å². The highest BCUT2D eigenvalue weighted by Gasteiger charge is 2.46. The lowest BCUT2D eigenvalue weighted by Crippen LogP contribution is -2.29. The van der Waals surface area contributed by atoms with E-state index in [-0.39, 0.29) is 17.9 Å². The van der Waals surface area contributed by atoms with E-state index in [1.54, 1.807) is 68.0 Å². The third kappa shape index (κ3) is 5.19. The Morgan fingerprint density at radius 2 is 1.86 bits per heavy atom. The van der Waals surface area contributed by atoms with Gasteiger partial charge in [0, 0.05) is 24.5 Å². The average Bonchev–Trinajstić information content (AvgIpc) is 3.14. The van der Waals surface area contributed by atoms with Crippen molar-refractivity contribution >= 4 is 17.4 Å². The molecule has 1 atom stereocenters. The number of rotatable bonds is 9. The van der Waals surface area contributed by atoms with Crippen LogP contribution in [-0.4, -0.2) is 40.4 Å². The van der Waals surface area contributed by atoms with Crippen LogP contribution in [0.3, 0.4) is 0 Å². The van der Waals surface area contributed by atoms with Gasteiger partial charge in [-0.1, -0.05) is 43.7 Å². The molecule has 1 N–H and O–H groups in total. The molecule has 35 heavy (non-hydrogen) atoms. The van der Waals surface area contributed by atoms with Crippen LogP contribution in [0.15, 0.2) is 78.6 Å². The molecule has 7 nitrogen and oxygen atoms in total. The molecule has 180 valence electrons. The Balaban J connectivity index is 1.80. The van der Waals surface area contributed by atoms with Crippen molar-refractivity contribution in [3.8, 4) is 11.5 Å². The normalized spacial score (nSPS) is 17.0. The summed E-state index contributed by atoms with van der Waals surface area (Å²) in [5.41, 5.74) is 1.86. The predicted octanol–water partition coefficient (Wildman–Crippen LogP) is 4.89. The zero-order chi connectivity index (χ0) is 24.8. The van der Waals surface area contributed by atoms with Crippen LogP contribution in [0.25, 0.3) is 5.76 Å². The molecule has 1 amide bonds. The van der Waals surface area contributed by atoms with Gasteiger partial charge in [-0.25, -0.2) is 0 Å². The van der Waals surface area contributed by atoms with E-state index >= 15 is 0 Å². The molecule has 0 bridgehead atoms. The lowest BCUT2D eigenvalue weighted by Gasteiger charge is -2.25. The number of amides is 1. The highest BCUT2D eigenvalue weighted by molar-refractivity contribution is 6.46. The third-order valence-electron chi connectivity index (χ3n) is 5.90. The Hall–Kier alpha value is -4.13. The summed E-state index contributed by atoms with van der Waals surface area (Å²) >= 11 is 0. The van der Waals surface area contributed by atoms with E-state index in [0.717, 1.165) is 18.4 Å². The van der Waals surface area contributed by atoms with Gasteiger partial charge in [0.15, 0.2) is 0 Å². The van der Waals surface area contributed by atoms with Crippen LogP contribution in [-0.2, 0) is 16.1 Å². The first-order valence-electron chi connectivity index (χ1n) is 11.6. The van der Waals surface area contributed by atoms with Gasteiger partial charge in [0.05, 0.1) is 25.3 Å². The van der Waals surface area contributed by atoms with Crippen LogP contribution in [0.5, 0.6) is 11.5 Å². The van der Waals surface area contributed by atoms with Crippen LogP contribution in [0.2, 0.25) is 0 Å². The van der Waals surface area contributed by atoms with E-state index in [1.807, 2.05) is 12.1 Å². The molecule has 0 spiro atoms. The van der Waals surface area contributed by atoms with E-state index in [1.165, 1.54) is 4.90 Å². The van der Waals surface area contributed by atoms with Crippen LogP contribution < -0.4 is 9.47 Å². The second-order valence-corrected chi connectivity index (χ2v) is 8.29. The number of ketones is 1. The van der Waals surface area contributed by atoms with Gasteiger partial charge in [0.25, 0.3) is 11.7 Å². The van der Waals surface area contributed by atoms with Crippen molar-refractivity contribution in [2.24, 2.45) is 0 Å². The minimum absolute atomic E-state index is 0.0258. The molecular weight excluding hydrogens is 444 g/mol. The monoisotopic (exact) mass is 472 g/mol. The number of hydrogen-bond donors (Lipinski definition) is 1. The molecule has 7 heteroatoms. The smallest absolute Gasteiger partial charge is 0.295 e. The lowest BCUT2D eigenvalue weighted by molar-refractivity contribution is -0.140. The molecule has 1 unspecified atom stereocenters. The Morgan fingerprint density at radius 1 is 1.06 bits per heavy atom. The maximum Gasteiger partial charge on any atom is 0.295 e. The zero-order valence-electron chi connectivity index (χ0n) is 19.8. The summed E-state index contributed by atoms with van der Waals surface area (Å²) in [7, 11) is 1.55. The van der Waals surface area contributed by atoms with Crippen LogP contribution in [0.1, 0.15) is 42.5 Å². The topological polar surface area (TPSA) is 89.0 Å². The summed E-state index contributed by atoms with van der Waals surface area (Å²) in [5.74, 6) is -0.494. The van der Waals surface area contributed by atoms with Crippen molar-refractivity contribution in [2.75, 3.05) is 13.7 Å². The zero-order valence-corrected chi connectivity index (χ0v) is 19.8. The van der Waals surface area contributed by atoms with Gasteiger partial charge in [-0.05, 0) is 47.9 Å². The summed E-state index contributed by atoms with van der Waals surface area (Å²) in [6.45, 7) is 2.80. The van der Waals surface area contributed by atoms with E-state index in [0.29, 0.717) is 29.2 Å². The van der Waals surface area contributed by atoms with Gasteiger partial charge in [0.2, 0.25) is 0 Å². The van der Waals surface area contributed by atoms with Crippen molar-refractivity contribution in [2.45, 2.75) is 32.4 Å². The molecule has 0 radical (unpaired) electrons. The largest absolute Gasteiger partial charge is 0.507 e. The summed E-state index contributed by atoms with van der Waals surface area (Å²) in [6.07, 6.45) is 5.21.